The van der Waals surface area contributed by atoms with Crippen LogP contribution >= 0.6 is 0 Å². The number of nitrogens with one attached hydrogen (secondary N) is 1. The van der Waals surface area contributed by atoms with Crippen LogP contribution in [0.5, 0.6) is 0 Å². The molecule has 160 valence electrons. The summed E-state index contributed by atoms with van der Waals surface area (Å²) in [5, 5.41) is 12.1. The molecule has 8 heteroatoms. The molecule has 31 heavy (non-hydrogen) atoms. The van der Waals surface area contributed by atoms with E-state index in [9.17, 15) is 19.2 Å². The van der Waals surface area contributed by atoms with E-state index < -0.39 is 11.9 Å². The lowest BCUT2D eigenvalue weighted by atomic mass is 10.2. The van der Waals surface area contributed by atoms with Crippen molar-refractivity contribution in [2.75, 3.05) is 43.0 Å². The van der Waals surface area contributed by atoms with E-state index in [-0.39, 0.29) is 18.0 Å². The molecule has 0 atom stereocenters. The van der Waals surface area contributed by atoms with Crippen molar-refractivity contribution in [1.29, 1.82) is 5.26 Å². The Bertz CT molecular complexity index is 989. The first-order valence-corrected chi connectivity index (χ1v) is 9.95. The van der Waals surface area contributed by atoms with Crippen molar-refractivity contribution in [3.8, 4) is 6.07 Å². The van der Waals surface area contributed by atoms with E-state index in [1.54, 1.807) is 49.5 Å². The molecule has 1 aliphatic heterocycles. The van der Waals surface area contributed by atoms with Gasteiger partial charge in [-0.3, -0.25) is 4.79 Å². The second kappa shape index (κ2) is 10.3. The summed E-state index contributed by atoms with van der Waals surface area (Å²) in [4.78, 5) is 28.2. The van der Waals surface area contributed by atoms with Gasteiger partial charge in [0.05, 0.1) is 12.2 Å². The maximum Gasteiger partial charge on any atom is 0.338 e. The number of ether oxygens (including phenoxy) is 1. The number of rotatable bonds is 6. The van der Waals surface area contributed by atoms with Crippen molar-refractivity contribution >= 4 is 23.3 Å². The van der Waals surface area contributed by atoms with Crippen molar-refractivity contribution in [1.82, 2.24) is 4.90 Å². The number of anilines is 2. The van der Waals surface area contributed by atoms with Crippen LogP contribution in [-0.4, -0.2) is 49.6 Å². The summed E-state index contributed by atoms with van der Waals surface area (Å²) >= 11 is 0. The Morgan fingerprint density at radius 1 is 1.10 bits per heavy atom. The fourth-order valence-corrected chi connectivity index (χ4v) is 3.18. The summed E-state index contributed by atoms with van der Waals surface area (Å²) in [5.41, 5.74) is 1.79. The molecule has 0 aromatic heterocycles. The number of benzene rings is 2. The predicted molar refractivity (Wildman–Crippen MR) is 115 cm³/mol. The zero-order valence-electron chi connectivity index (χ0n) is 17.2. The molecule has 2 aromatic carbocycles. The summed E-state index contributed by atoms with van der Waals surface area (Å²) in [5.74, 6) is -1.23. The molecule has 1 amide bonds. The quantitative estimate of drug-likeness (QED) is 0.437. The Kier molecular flexibility index (Phi) is 7.22. The third-order valence-electron chi connectivity index (χ3n) is 4.84. The van der Waals surface area contributed by atoms with Gasteiger partial charge in [-0.1, -0.05) is 0 Å². The van der Waals surface area contributed by atoms with Crippen LogP contribution < -0.4 is 10.2 Å². The number of carbonyl (C=O) groups is 2. The van der Waals surface area contributed by atoms with Crippen LogP contribution in [0.2, 0.25) is 0 Å². The maximum atomic E-state index is 13.1. The van der Waals surface area contributed by atoms with Crippen molar-refractivity contribution in [2.24, 2.45) is 0 Å². The van der Waals surface area contributed by atoms with Gasteiger partial charge in [-0.25, -0.2) is 9.18 Å². The minimum atomic E-state index is -0.521. The molecule has 2 aromatic rings. The van der Waals surface area contributed by atoms with Gasteiger partial charge in [-0.2, -0.15) is 5.26 Å². The summed E-state index contributed by atoms with van der Waals surface area (Å²) in [7, 11) is 0. The van der Waals surface area contributed by atoms with E-state index in [1.165, 1.54) is 12.1 Å². The normalized spacial score (nSPS) is 14.0. The number of halogens is 1. The topological polar surface area (TPSA) is 85.7 Å². The number of amides is 1. The second-order valence-corrected chi connectivity index (χ2v) is 6.91. The molecule has 0 saturated carbocycles. The van der Waals surface area contributed by atoms with Crippen molar-refractivity contribution in [3.05, 3.63) is 71.7 Å². The molecule has 3 rings (SSSR count). The molecule has 1 fully saturated rings. The smallest absolute Gasteiger partial charge is 0.338 e. The largest absolute Gasteiger partial charge is 0.462 e. The third-order valence-corrected chi connectivity index (χ3v) is 4.84. The molecule has 1 aliphatic rings. The third kappa shape index (κ3) is 5.82. The van der Waals surface area contributed by atoms with Crippen molar-refractivity contribution in [2.45, 2.75) is 6.92 Å². The minimum Gasteiger partial charge on any atom is -0.462 e. The van der Waals surface area contributed by atoms with Crippen LogP contribution in [0.15, 0.2) is 60.3 Å². The summed E-state index contributed by atoms with van der Waals surface area (Å²) in [6.07, 6.45) is 1.56. The van der Waals surface area contributed by atoms with Crippen LogP contribution in [0.1, 0.15) is 17.3 Å². The Morgan fingerprint density at radius 3 is 2.32 bits per heavy atom. The second-order valence-electron chi connectivity index (χ2n) is 6.91. The summed E-state index contributed by atoms with van der Waals surface area (Å²) in [6, 6.07) is 14.6. The van der Waals surface area contributed by atoms with Gasteiger partial charge in [0.15, 0.2) is 0 Å². The van der Waals surface area contributed by atoms with Gasteiger partial charge in [0.2, 0.25) is 0 Å². The highest BCUT2D eigenvalue weighted by Gasteiger charge is 2.18. The monoisotopic (exact) mass is 422 g/mol. The maximum absolute atomic E-state index is 13.1. The van der Waals surface area contributed by atoms with Gasteiger partial charge >= 0.3 is 5.97 Å². The Labute approximate surface area is 180 Å². The van der Waals surface area contributed by atoms with Crippen LogP contribution in [0.4, 0.5) is 15.8 Å². The van der Waals surface area contributed by atoms with E-state index in [4.69, 9.17) is 4.74 Å². The lowest BCUT2D eigenvalue weighted by Gasteiger charge is -2.35. The Hall–Kier alpha value is -3.86. The molecule has 1 N–H and O–H groups in total. The Morgan fingerprint density at radius 2 is 1.74 bits per heavy atom. The van der Waals surface area contributed by atoms with Gasteiger partial charge in [0, 0.05) is 43.8 Å². The molecule has 0 aliphatic carbocycles. The van der Waals surface area contributed by atoms with Crippen LogP contribution in [0, 0.1) is 17.1 Å². The van der Waals surface area contributed by atoms with Crippen molar-refractivity contribution in [3.63, 3.8) is 0 Å². The number of hydrogen-bond donors (Lipinski definition) is 1. The first-order chi connectivity index (χ1) is 15.0. The highest BCUT2D eigenvalue weighted by atomic mass is 19.1. The molecule has 1 saturated heterocycles. The summed E-state index contributed by atoms with van der Waals surface area (Å²) < 4.78 is 18.0. The number of carbonyl (C=O) groups excluding carboxylic acids is 2. The molecule has 1 heterocycles. The number of esters is 1. The number of hydrogen-bond acceptors (Lipinski definition) is 6. The molecule has 0 radical (unpaired) electrons. The lowest BCUT2D eigenvalue weighted by molar-refractivity contribution is -0.112. The Balaban J connectivity index is 1.57. The lowest BCUT2D eigenvalue weighted by Crippen LogP contribution is -2.44. The SMILES string of the molecule is CCOC(=O)c1ccc(NC(=O)/C(C#N)=C\N2CCN(c3ccc(F)cc3)CC2)cc1. The zero-order valence-corrected chi connectivity index (χ0v) is 17.2. The van der Waals surface area contributed by atoms with Crippen LogP contribution in [-0.2, 0) is 9.53 Å². The van der Waals surface area contributed by atoms with Gasteiger partial charge in [-0.05, 0) is 55.5 Å². The predicted octanol–water partition coefficient (Wildman–Crippen LogP) is 3.17. The van der Waals surface area contributed by atoms with E-state index in [0.717, 1.165) is 5.69 Å². The van der Waals surface area contributed by atoms with Gasteiger partial charge in [-0.15, -0.1) is 0 Å². The fourth-order valence-electron chi connectivity index (χ4n) is 3.18. The van der Waals surface area contributed by atoms with E-state index in [0.29, 0.717) is 37.4 Å². The fraction of sp³-hybridized carbons (Fsp3) is 0.261. The summed E-state index contributed by atoms with van der Waals surface area (Å²) in [6.45, 7) is 4.65. The van der Waals surface area contributed by atoms with E-state index >= 15 is 0 Å². The van der Waals surface area contributed by atoms with Gasteiger partial charge < -0.3 is 19.9 Å². The highest BCUT2D eigenvalue weighted by Crippen LogP contribution is 2.18. The van der Waals surface area contributed by atoms with Crippen LogP contribution in [0.3, 0.4) is 0 Å². The number of nitriles is 1. The first-order valence-electron chi connectivity index (χ1n) is 9.95. The van der Waals surface area contributed by atoms with Gasteiger partial charge in [0.1, 0.15) is 17.5 Å². The highest BCUT2D eigenvalue weighted by molar-refractivity contribution is 6.06. The van der Waals surface area contributed by atoms with Crippen LogP contribution in [0.25, 0.3) is 0 Å². The molecule has 0 unspecified atom stereocenters. The molecular weight excluding hydrogens is 399 g/mol. The number of nitrogens with zero attached hydrogens (tertiary/aromatic N) is 3. The minimum absolute atomic E-state index is 0.00954. The standard InChI is InChI=1S/C23H23FN4O3/c1-2-31-23(30)17-3-7-20(8-4-17)26-22(29)18(15-25)16-27-11-13-28(14-12-27)21-9-5-19(24)6-10-21/h3-10,16H,2,11-14H2,1H3,(H,26,29)/b18-16-. The molecule has 7 nitrogen and oxygen atoms in total. The first kappa shape index (κ1) is 21.8. The van der Waals surface area contributed by atoms with E-state index in [2.05, 4.69) is 10.2 Å². The average molecular weight is 422 g/mol. The number of piperazine rings is 1. The molecular formula is C23H23FN4O3. The molecule has 0 spiro atoms. The molecule has 0 bridgehead atoms. The average Bonchev–Trinajstić information content (AvgIpc) is 2.79. The zero-order chi connectivity index (χ0) is 22.2. The van der Waals surface area contributed by atoms with E-state index in [1.807, 2.05) is 11.0 Å². The van der Waals surface area contributed by atoms with Crippen molar-refractivity contribution < 1.29 is 18.7 Å². The van der Waals surface area contributed by atoms with Gasteiger partial charge in [0.25, 0.3) is 5.91 Å².